The van der Waals surface area contributed by atoms with Crippen molar-refractivity contribution in [1.29, 1.82) is 0 Å². The first-order valence-electron chi connectivity index (χ1n) is 8.05. The van der Waals surface area contributed by atoms with Crippen LogP contribution in [0, 0.1) is 15.5 Å². The molecule has 0 aromatic heterocycles. The molecule has 0 saturated carbocycles. The first-order chi connectivity index (χ1) is 11.4. The number of unbranched alkanes of at least 4 members (excludes halogenated alkanes) is 1. The molecule has 1 aromatic carbocycles. The maximum absolute atomic E-state index is 12.6. The number of nitro benzene ring substituents is 1. The van der Waals surface area contributed by atoms with Gasteiger partial charge in [0, 0.05) is 6.07 Å². The normalized spacial score (nSPS) is 11.0. The Hall–Kier alpha value is -2.44. The Labute approximate surface area is 141 Å². The van der Waals surface area contributed by atoms with Gasteiger partial charge < -0.3 is 9.47 Å². The number of hydrogen-bond donors (Lipinski definition) is 0. The lowest BCUT2D eigenvalue weighted by Crippen LogP contribution is -2.42. The van der Waals surface area contributed by atoms with Gasteiger partial charge in [0.25, 0.3) is 0 Å². The van der Waals surface area contributed by atoms with Crippen LogP contribution in [-0.4, -0.2) is 23.5 Å². The maximum atomic E-state index is 12.6. The van der Waals surface area contributed by atoms with E-state index in [1.54, 1.807) is 13.8 Å². The van der Waals surface area contributed by atoms with E-state index in [0.717, 1.165) is 6.42 Å². The Morgan fingerprint density at radius 1 is 1.12 bits per heavy atom. The Morgan fingerprint density at radius 3 is 2.29 bits per heavy atom. The Balaban J connectivity index is 3.02. The molecule has 1 aromatic rings. The molecule has 0 fully saturated rings. The molecule has 0 saturated heterocycles. The minimum absolute atomic E-state index is 0.180. The number of carbonyl (C=O) groups excluding carboxylic acids is 2. The minimum atomic E-state index is -1.46. The summed E-state index contributed by atoms with van der Waals surface area (Å²) >= 11 is 0. The summed E-state index contributed by atoms with van der Waals surface area (Å²) in [4.78, 5) is 35.4. The number of nitro groups is 1. The smallest absolute Gasteiger partial charge is 0.329 e. The molecule has 0 heterocycles. The predicted octanol–water partition coefficient (Wildman–Crippen LogP) is 3.65. The second kappa shape index (κ2) is 9.00. The maximum Gasteiger partial charge on any atom is 0.329 e. The van der Waals surface area contributed by atoms with Gasteiger partial charge in [0.1, 0.15) is 0 Å². The lowest BCUT2D eigenvalue weighted by atomic mass is 9.82. The Bertz CT molecular complexity index is 594. The first-order valence-corrected chi connectivity index (χ1v) is 8.05. The molecule has 0 atom stereocenters. The van der Waals surface area contributed by atoms with Gasteiger partial charge in [-0.1, -0.05) is 39.3 Å². The quantitative estimate of drug-likeness (QED) is 0.170. The predicted molar refractivity (Wildman–Crippen MR) is 87.6 cm³/mol. The largest absolute Gasteiger partial charge is 0.465 e. The fraction of sp³-hybridized carbons (Fsp3) is 0.529. The van der Waals surface area contributed by atoms with Crippen LogP contribution in [0.3, 0.4) is 0 Å². The molecular weight excluding hydrogens is 314 g/mol. The highest BCUT2D eigenvalue weighted by atomic mass is 16.6. The molecule has 0 aliphatic rings. The summed E-state index contributed by atoms with van der Waals surface area (Å²) in [5, 5.41) is 11.0. The third-order valence-corrected chi connectivity index (χ3v) is 3.98. The Morgan fingerprint density at radius 2 is 1.75 bits per heavy atom. The summed E-state index contributed by atoms with van der Waals surface area (Å²) < 4.78 is 10.4. The van der Waals surface area contributed by atoms with Gasteiger partial charge in [-0.15, -0.1) is 0 Å². The standard InChI is InChI=1S/C17H23NO6/c1-4-7-12-23-15(19)17(5-2,6-3)16(20)24-14-11-9-8-10-13(14)18(21)22/h8-11H,4-7,12H2,1-3H3. The molecule has 0 unspecified atom stereocenters. The molecule has 24 heavy (non-hydrogen) atoms. The number of esters is 2. The van der Waals surface area contributed by atoms with Crippen molar-refractivity contribution in [3.63, 3.8) is 0 Å². The van der Waals surface area contributed by atoms with Crippen LogP contribution in [0.15, 0.2) is 24.3 Å². The van der Waals surface area contributed by atoms with Crippen LogP contribution >= 0.6 is 0 Å². The molecule has 0 radical (unpaired) electrons. The van der Waals surface area contributed by atoms with Crippen LogP contribution in [0.2, 0.25) is 0 Å². The molecular formula is C17H23NO6. The van der Waals surface area contributed by atoms with E-state index in [-0.39, 0.29) is 30.9 Å². The van der Waals surface area contributed by atoms with E-state index >= 15 is 0 Å². The summed E-state index contributed by atoms with van der Waals surface area (Å²) in [7, 11) is 0. The molecule has 0 spiro atoms. The van der Waals surface area contributed by atoms with E-state index < -0.39 is 22.3 Å². The van der Waals surface area contributed by atoms with E-state index in [9.17, 15) is 19.7 Å². The molecule has 7 nitrogen and oxygen atoms in total. The van der Waals surface area contributed by atoms with Crippen LogP contribution in [-0.2, 0) is 14.3 Å². The molecule has 0 bridgehead atoms. The highest BCUT2D eigenvalue weighted by Crippen LogP contribution is 2.33. The van der Waals surface area contributed by atoms with Crippen molar-refractivity contribution in [3.8, 4) is 5.75 Å². The monoisotopic (exact) mass is 337 g/mol. The number of carbonyl (C=O) groups is 2. The van der Waals surface area contributed by atoms with Crippen molar-refractivity contribution in [2.45, 2.75) is 46.5 Å². The lowest BCUT2D eigenvalue weighted by Gasteiger charge is -2.26. The van der Waals surface area contributed by atoms with Crippen molar-refractivity contribution in [2.75, 3.05) is 6.61 Å². The number of nitrogens with zero attached hydrogens (tertiary/aromatic N) is 1. The van der Waals surface area contributed by atoms with Gasteiger partial charge >= 0.3 is 17.6 Å². The fourth-order valence-electron chi connectivity index (χ4n) is 2.25. The topological polar surface area (TPSA) is 95.7 Å². The average Bonchev–Trinajstić information content (AvgIpc) is 2.57. The zero-order chi connectivity index (χ0) is 18.2. The molecule has 132 valence electrons. The summed E-state index contributed by atoms with van der Waals surface area (Å²) in [6, 6.07) is 5.56. The van der Waals surface area contributed by atoms with E-state index in [4.69, 9.17) is 9.47 Å². The van der Waals surface area contributed by atoms with Crippen LogP contribution in [0.4, 0.5) is 5.69 Å². The summed E-state index contributed by atoms with van der Waals surface area (Å²) in [5.41, 5.74) is -1.79. The van der Waals surface area contributed by atoms with Crippen LogP contribution in [0.5, 0.6) is 5.75 Å². The molecule has 0 aliphatic heterocycles. The zero-order valence-corrected chi connectivity index (χ0v) is 14.2. The van der Waals surface area contributed by atoms with Gasteiger partial charge in [0.2, 0.25) is 5.75 Å². The second-order valence-corrected chi connectivity index (χ2v) is 5.39. The molecule has 0 N–H and O–H groups in total. The van der Waals surface area contributed by atoms with E-state index in [0.29, 0.717) is 6.42 Å². The van der Waals surface area contributed by atoms with E-state index in [2.05, 4.69) is 0 Å². The minimum Gasteiger partial charge on any atom is -0.465 e. The molecule has 0 aliphatic carbocycles. The number of ether oxygens (including phenoxy) is 2. The van der Waals surface area contributed by atoms with E-state index in [1.165, 1.54) is 24.3 Å². The lowest BCUT2D eigenvalue weighted by molar-refractivity contribution is -0.385. The third-order valence-electron chi connectivity index (χ3n) is 3.98. The van der Waals surface area contributed by atoms with Crippen LogP contribution in [0.1, 0.15) is 46.5 Å². The molecule has 7 heteroatoms. The van der Waals surface area contributed by atoms with Gasteiger partial charge in [-0.05, 0) is 25.3 Å². The van der Waals surface area contributed by atoms with Gasteiger partial charge in [-0.3, -0.25) is 19.7 Å². The number of rotatable bonds is 9. The van der Waals surface area contributed by atoms with Crippen LogP contribution in [0.25, 0.3) is 0 Å². The molecule has 1 rings (SSSR count). The highest BCUT2D eigenvalue weighted by molar-refractivity contribution is 6.01. The van der Waals surface area contributed by atoms with Gasteiger partial charge in [0.05, 0.1) is 11.5 Å². The van der Waals surface area contributed by atoms with Gasteiger partial charge in [0.15, 0.2) is 5.41 Å². The number of hydrogen-bond acceptors (Lipinski definition) is 6. The second-order valence-electron chi connectivity index (χ2n) is 5.39. The zero-order valence-electron chi connectivity index (χ0n) is 14.2. The van der Waals surface area contributed by atoms with E-state index in [1.807, 2.05) is 6.92 Å². The van der Waals surface area contributed by atoms with Crippen molar-refractivity contribution in [1.82, 2.24) is 0 Å². The summed E-state index contributed by atoms with van der Waals surface area (Å²) in [5.74, 6) is -1.66. The number of benzene rings is 1. The summed E-state index contributed by atoms with van der Waals surface area (Å²) in [6.07, 6.45) is 1.94. The van der Waals surface area contributed by atoms with Gasteiger partial charge in [-0.25, -0.2) is 0 Å². The van der Waals surface area contributed by atoms with Crippen molar-refractivity contribution in [2.24, 2.45) is 5.41 Å². The van der Waals surface area contributed by atoms with Gasteiger partial charge in [-0.2, -0.15) is 0 Å². The fourth-order valence-corrected chi connectivity index (χ4v) is 2.25. The van der Waals surface area contributed by atoms with Crippen molar-refractivity contribution in [3.05, 3.63) is 34.4 Å². The number of para-hydroxylation sites is 2. The average molecular weight is 337 g/mol. The Kier molecular flexibility index (Phi) is 7.35. The molecule has 0 amide bonds. The van der Waals surface area contributed by atoms with Crippen LogP contribution < -0.4 is 4.74 Å². The highest BCUT2D eigenvalue weighted by Gasteiger charge is 2.46. The third kappa shape index (κ3) is 4.31. The first kappa shape index (κ1) is 19.6. The van der Waals surface area contributed by atoms with Crippen molar-refractivity contribution < 1.29 is 24.0 Å². The summed E-state index contributed by atoms with van der Waals surface area (Å²) in [6.45, 7) is 5.57. The van der Waals surface area contributed by atoms with Crippen molar-refractivity contribution >= 4 is 17.6 Å². The SMILES string of the molecule is CCCCOC(=O)C(CC)(CC)C(=O)Oc1ccccc1[N+](=O)[O-].